The van der Waals surface area contributed by atoms with Crippen molar-refractivity contribution in [2.45, 2.75) is 19.4 Å². The number of anilines is 1. The predicted octanol–water partition coefficient (Wildman–Crippen LogP) is 1.75. The van der Waals surface area contributed by atoms with Gasteiger partial charge >= 0.3 is 0 Å². The molecule has 1 atom stereocenters. The highest BCUT2D eigenvalue weighted by Crippen LogP contribution is 2.19. The minimum absolute atomic E-state index is 0.0307. The fourth-order valence-corrected chi connectivity index (χ4v) is 2.58. The molecular weight excluding hydrogens is 248 g/mol. The SMILES string of the molecule is CCC(CSC)N(C)c1ccnc(/C(N)=N/O)c1. The lowest BCUT2D eigenvalue weighted by molar-refractivity contribution is 0.318. The van der Waals surface area contributed by atoms with Gasteiger partial charge in [0.2, 0.25) is 0 Å². The molecule has 18 heavy (non-hydrogen) atoms. The molecule has 0 aliphatic heterocycles. The molecule has 6 heteroatoms. The van der Waals surface area contributed by atoms with Gasteiger partial charge in [-0.15, -0.1) is 0 Å². The third kappa shape index (κ3) is 3.53. The molecule has 0 aromatic carbocycles. The van der Waals surface area contributed by atoms with Crippen molar-refractivity contribution in [1.82, 2.24) is 4.98 Å². The number of amidine groups is 1. The van der Waals surface area contributed by atoms with E-state index >= 15 is 0 Å². The molecule has 0 amide bonds. The van der Waals surface area contributed by atoms with E-state index < -0.39 is 0 Å². The topological polar surface area (TPSA) is 74.7 Å². The van der Waals surface area contributed by atoms with Gasteiger partial charge in [-0.3, -0.25) is 4.98 Å². The molecule has 3 N–H and O–H groups in total. The molecule has 0 spiro atoms. The lowest BCUT2D eigenvalue weighted by atomic mass is 10.2. The average molecular weight is 268 g/mol. The molecule has 1 aromatic heterocycles. The first-order valence-corrected chi connectivity index (χ1v) is 7.19. The van der Waals surface area contributed by atoms with Crippen LogP contribution in [0.3, 0.4) is 0 Å². The molecule has 1 heterocycles. The first-order valence-electron chi connectivity index (χ1n) is 5.79. The minimum Gasteiger partial charge on any atom is -0.409 e. The van der Waals surface area contributed by atoms with Crippen LogP contribution in [0.4, 0.5) is 5.69 Å². The Hall–Kier alpha value is -1.43. The standard InChI is InChI=1S/C12H20N4OS/c1-4-9(8-18-3)16(2)10-5-6-14-11(7-10)12(13)15-17/h5-7,9,17H,4,8H2,1-3H3,(H2,13,15). The van der Waals surface area contributed by atoms with Gasteiger partial charge in [0.05, 0.1) is 0 Å². The maximum absolute atomic E-state index is 8.66. The van der Waals surface area contributed by atoms with Gasteiger partial charge < -0.3 is 15.8 Å². The number of oxime groups is 1. The van der Waals surface area contributed by atoms with Gasteiger partial charge in [-0.1, -0.05) is 12.1 Å². The van der Waals surface area contributed by atoms with Gasteiger partial charge in [0.25, 0.3) is 0 Å². The Bertz CT molecular complexity index is 411. The van der Waals surface area contributed by atoms with Crippen LogP contribution in [-0.4, -0.2) is 41.1 Å². The molecule has 1 rings (SSSR count). The van der Waals surface area contributed by atoms with Gasteiger partial charge in [-0.2, -0.15) is 11.8 Å². The van der Waals surface area contributed by atoms with Crippen molar-refractivity contribution in [3.63, 3.8) is 0 Å². The molecule has 0 aliphatic carbocycles. The van der Waals surface area contributed by atoms with Crippen LogP contribution in [-0.2, 0) is 0 Å². The summed E-state index contributed by atoms with van der Waals surface area (Å²) in [4.78, 5) is 6.28. The molecule has 0 saturated heterocycles. The summed E-state index contributed by atoms with van der Waals surface area (Å²) in [7, 11) is 2.05. The van der Waals surface area contributed by atoms with Crippen molar-refractivity contribution < 1.29 is 5.21 Å². The number of thioether (sulfide) groups is 1. The third-order valence-electron chi connectivity index (χ3n) is 2.90. The predicted molar refractivity (Wildman–Crippen MR) is 77.6 cm³/mol. The van der Waals surface area contributed by atoms with Crippen LogP contribution in [0.15, 0.2) is 23.5 Å². The summed E-state index contributed by atoms with van der Waals surface area (Å²) < 4.78 is 0. The van der Waals surface area contributed by atoms with Crippen LogP contribution in [0.1, 0.15) is 19.0 Å². The third-order valence-corrected chi connectivity index (χ3v) is 3.62. The van der Waals surface area contributed by atoms with Gasteiger partial charge in [0, 0.05) is 30.7 Å². The van der Waals surface area contributed by atoms with Crippen LogP contribution in [0.25, 0.3) is 0 Å². The van der Waals surface area contributed by atoms with Crippen LogP contribution in [0.5, 0.6) is 0 Å². The van der Waals surface area contributed by atoms with Gasteiger partial charge in [-0.25, -0.2) is 0 Å². The highest BCUT2D eigenvalue weighted by Gasteiger charge is 2.14. The van der Waals surface area contributed by atoms with E-state index in [1.807, 2.05) is 23.9 Å². The maximum atomic E-state index is 8.66. The summed E-state index contributed by atoms with van der Waals surface area (Å²) in [5, 5.41) is 11.6. The van der Waals surface area contributed by atoms with Crippen molar-refractivity contribution in [3.05, 3.63) is 24.0 Å². The molecule has 0 saturated carbocycles. The fourth-order valence-electron chi connectivity index (χ4n) is 1.74. The summed E-state index contributed by atoms with van der Waals surface area (Å²) >= 11 is 1.83. The number of aromatic nitrogens is 1. The van der Waals surface area contributed by atoms with E-state index in [4.69, 9.17) is 10.9 Å². The smallest absolute Gasteiger partial charge is 0.188 e. The number of hydrogen-bond acceptors (Lipinski definition) is 5. The highest BCUT2D eigenvalue weighted by atomic mass is 32.2. The van der Waals surface area contributed by atoms with Crippen LogP contribution in [0.2, 0.25) is 0 Å². The minimum atomic E-state index is 0.0307. The van der Waals surface area contributed by atoms with E-state index in [1.165, 1.54) is 0 Å². The Morgan fingerprint density at radius 1 is 1.67 bits per heavy atom. The molecule has 1 unspecified atom stereocenters. The van der Waals surface area contributed by atoms with E-state index in [0.717, 1.165) is 17.9 Å². The van der Waals surface area contributed by atoms with Crippen LogP contribution < -0.4 is 10.6 Å². The molecule has 0 radical (unpaired) electrons. The van der Waals surface area contributed by atoms with Crippen molar-refractivity contribution in [3.8, 4) is 0 Å². The lowest BCUT2D eigenvalue weighted by Gasteiger charge is -2.29. The zero-order chi connectivity index (χ0) is 13.5. The molecule has 5 nitrogen and oxygen atoms in total. The number of rotatable bonds is 6. The second kappa shape index (κ2) is 7.10. The number of nitrogens with zero attached hydrogens (tertiary/aromatic N) is 3. The maximum Gasteiger partial charge on any atom is 0.188 e. The van der Waals surface area contributed by atoms with Crippen LogP contribution in [0, 0.1) is 0 Å². The Labute approximate surface area is 112 Å². The van der Waals surface area contributed by atoms with Gasteiger partial charge in [0.1, 0.15) is 5.69 Å². The summed E-state index contributed by atoms with van der Waals surface area (Å²) in [5.41, 5.74) is 7.05. The summed E-state index contributed by atoms with van der Waals surface area (Å²) in [6.07, 6.45) is 4.84. The molecule has 100 valence electrons. The fraction of sp³-hybridized carbons (Fsp3) is 0.500. The highest BCUT2D eigenvalue weighted by molar-refractivity contribution is 7.98. The lowest BCUT2D eigenvalue weighted by Crippen LogP contribution is -2.33. The first-order chi connectivity index (χ1) is 8.63. The Balaban J connectivity index is 2.95. The van der Waals surface area contributed by atoms with Gasteiger partial charge in [-0.05, 0) is 24.8 Å². The summed E-state index contributed by atoms with van der Waals surface area (Å²) in [6, 6.07) is 4.22. The molecule has 0 fully saturated rings. The Kier molecular flexibility index (Phi) is 5.77. The quantitative estimate of drug-likeness (QED) is 0.356. The zero-order valence-electron chi connectivity index (χ0n) is 11.0. The normalized spacial score (nSPS) is 13.4. The monoisotopic (exact) mass is 268 g/mol. The Morgan fingerprint density at radius 2 is 2.39 bits per heavy atom. The van der Waals surface area contributed by atoms with E-state index in [0.29, 0.717) is 11.7 Å². The molecular formula is C12H20N4OS. The number of nitrogens with two attached hydrogens (primary N) is 1. The van der Waals surface area contributed by atoms with E-state index in [2.05, 4.69) is 35.3 Å². The second-order valence-corrected chi connectivity index (χ2v) is 4.92. The van der Waals surface area contributed by atoms with Gasteiger partial charge in [0.15, 0.2) is 5.84 Å². The van der Waals surface area contributed by atoms with Crippen LogP contribution >= 0.6 is 11.8 Å². The molecule has 0 aliphatic rings. The number of hydrogen-bond donors (Lipinski definition) is 2. The van der Waals surface area contributed by atoms with E-state index in [-0.39, 0.29) is 5.84 Å². The summed E-state index contributed by atoms with van der Waals surface area (Å²) in [6.45, 7) is 2.17. The van der Waals surface area contributed by atoms with Crippen molar-refractivity contribution in [2.75, 3.05) is 24.0 Å². The van der Waals surface area contributed by atoms with E-state index in [9.17, 15) is 0 Å². The first kappa shape index (κ1) is 14.6. The van der Waals surface area contributed by atoms with Crippen molar-refractivity contribution in [2.24, 2.45) is 10.9 Å². The zero-order valence-corrected chi connectivity index (χ0v) is 11.8. The molecule has 0 bridgehead atoms. The van der Waals surface area contributed by atoms with E-state index in [1.54, 1.807) is 6.20 Å². The van der Waals surface area contributed by atoms with Crippen molar-refractivity contribution in [1.29, 1.82) is 0 Å². The second-order valence-electron chi connectivity index (χ2n) is 4.01. The summed E-state index contributed by atoms with van der Waals surface area (Å²) in [5.74, 6) is 1.09. The Morgan fingerprint density at radius 3 is 2.94 bits per heavy atom. The van der Waals surface area contributed by atoms with Crippen molar-refractivity contribution >= 4 is 23.3 Å². The average Bonchev–Trinajstić information content (AvgIpc) is 2.43. The largest absolute Gasteiger partial charge is 0.409 e. The number of pyridine rings is 1. The molecule has 1 aromatic rings.